The highest BCUT2D eigenvalue weighted by Gasteiger charge is 2.01. The van der Waals surface area contributed by atoms with Gasteiger partial charge in [0.15, 0.2) is 0 Å². The highest BCUT2D eigenvalue weighted by atomic mass is 16.5. The summed E-state index contributed by atoms with van der Waals surface area (Å²) in [6.07, 6.45) is 9.24. The molecule has 0 unspecified atom stereocenters. The molecule has 1 aromatic rings. The van der Waals surface area contributed by atoms with Crippen molar-refractivity contribution >= 4 is 5.97 Å². The number of carboxylic acids is 1. The third-order valence-corrected chi connectivity index (χ3v) is 3.51. The minimum absolute atomic E-state index is 0.283. The molecule has 3 N–H and O–H groups in total. The van der Waals surface area contributed by atoms with Crippen LogP contribution in [0.25, 0.3) is 0 Å². The molecule has 0 atom stereocenters. The molecule has 1 aromatic carbocycles. The number of unbranched alkanes of at least 4 members (excludes halogenated alkanes) is 6. The molecule has 0 aliphatic carbocycles. The fourth-order valence-corrected chi connectivity index (χ4v) is 2.22. The average Bonchev–Trinajstić information content (AvgIpc) is 2.49. The molecular formula is C18H27NO3. The second-order valence-corrected chi connectivity index (χ2v) is 5.56. The van der Waals surface area contributed by atoms with Crippen LogP contribution in [0.3, 0.4) is 0 Å². The monoisotopic (exact) mass is 305 g/mol. The Bertz CT molecular complexity index is 454. The van der Waals surface area contributed by atoms with E-state index in [-0.39, 0.29) is 5.56 Å². The summed E-state index contributed by atoms with van der Waals surface area (Å²) in [5.41, 5.74) is 6.59. The molecule has 0 amide bonds. The van der Waals surface area contributed by atoms with Crippen molar-refractivity contribution in [3.8, 4) is 5.75 Å². The SMILES string of the molecule is C=C(N)CCCCCCCCCOc1ccc(C(=O)O)cc1. The molecule has 0 heterocycles. The summed E-state index contributed by atoms with van der Waals surface area (Å²) in [4.78, 5) is 10.7. The number of aromatic carboxylic acids is 1. The molecule has 0 radical (unpaired) electrons. The summed E-state index contributed by atoms with van der Waals surface area (Å²) in [6.45, 7) is 4.38. The molecule has 0 saturated carbocycles. The van der Waals surface area contributed by atoms with Crippen LogP contribution >= 0.6 is 0 Å². The van der Waals surface area contributed by atoms with Gasteiger partial charge in [-0.1, -0.05) is 38.7 Å². The van der Waals surface area contributed by atoms with Gasteiger partial charge in [0.25, 0.3) is 0 Å². The zero-order chi connectivity index (χ0) is 16.2. The highest BCUT2D eigenvalue weighted by Crippen LogP contribution is 2.14. The van der Waals surface area contributed by atoms with Crippen molar-refractivity contribution in [3.05, 3.63) is 42.1 Å². The van der Waals surface area contributed by atoms with E-state index in [1.165, 1.54) is 25.7 Å². The third kappa shape index (κ3) is 8.35. The zero-order valence-corrected chi connectivity index (χ0v) is 13.2. The van der Waals surface area contributed by atoms with E-state index in [0.717, 1.165) is 37.1 Å². The van der Waals surface area contributed by atoms with Crippen molar-refractivity contribution in [2.24, 2.45) is 5.73 Å². The Morgan fingerprint density at radius 2 is 1.55 bits per heavy atom. The molecule has 0 fully saturated rings. The molecule has 122 valence electrons. The molecule has 4 nitrogen and oxygen atoms in total. The van der Waals surface area contributed by atoms with Gasteiger partial charge >= 0.3 is 5.97 Å². The van der Waals surface area contributed by atoms with Gasteiger partial charge in [-0.3, -0.25) is 0 Å². The first kappa shape index (κ1) is 18.1. The molecule has 0 aliphatic rings. The largest absolute Gasteiger partial charge is 0.494 e. The second-order valence-electron chi connectivity index (χ2n) is 5.56. The second kappa shape index (κ2) is 10.7. The Labute approximate surface area is 133 Å². The zero-order valence-electron chi connectivity index (χ0n) is 13.2. The molecule has 4 heteroatoms. The normalized spacial score (nSPS) is 10.4. The van der Waals surface area contributed by atoms with Gasteiger partial charge in [-0.15, -0.1) is 0 Å². The van der Waals surface area contributed by atoms with Crippen LogP contribution in [0.4, 0.5) is 0 Å². The van der Waals surface area contributed by atoms with Crippen molar-refractivity contribution in [2.75, 3.05) is 6.61 Å². The maximum absolute atomic E-state index is 10.7. The fraction of sp³-hybridized carbons (Fsp3) is 0.500. The van der Waals surface area contributed by atoms with Gasteiger partial charge in [-0.05, 0) is 43.5 Å². The maximum atomic E-state index is 10.7. The van der Waals surface area contributed by atoms with E-state index < -0.39 is 5.97 Å². The molecule has 1 rings (SSSR count). The lowest BCUT2D eigenvalue weighted by molar-refractivity contribution is 0.0697. The van der Waals surface area contributed by atoms with Gasteiger partial charge in [-0.2, -0.15) is 0 Å². The van der Waals surface area contributed by atoms with Gasteiger partial charge in [0.05, 0.1) is 12.2 Å². The Balaban J connectivity index is 1.97. The van der Waals surface area contributed by atoms with Crippen LogP contribution in [0, 0.1) is 0 Å². The van der Waals surface area contributed by atoms with E-state index >= 15 is 0 Å². The molecular weight excluding hydrogens is 278 g/mol. The molecule has 0 bridgehead atoms. The van der Waals surface area contributed by atoms with Gasteiger partial charge in [0.2, 0.25) is 0 Å². The first-order chi connectivity index (χ1) is 10.6. The van der Waals surface area contributed by atoms with E-state index in [1.54, 1.807) is 24.3 Å². The number of carbonyl (C=O) groups is 1. The van der Waals surface area contributed by atoms with Crippen molar-refractivity contribution in [2.45, 2.75) is 51.4 Å². The van der Waals surface area contributed by atoms with Crippen molar-refractivity contribution < 1.29 is 14.6 Å². The number of hydrogen-bond donors (Lipinski definition) is 2. The smallest absolute Gasteiger partial charge is 0.335 e. The number of allylic oxidation sites excluding steroid dienone is 1. The number of nitrogens with two attached hydrogens (primary N) is 1. The molecule has 0 saturated heterocycles. The van der Waals surface area contributed by atoms with Crippen LogP contribution in [-0.4, -0.2) is 17.7 Å². The van der Waals surface area contributed by atoms with E-state index in [1.807, 2.05) is 0 Å². The average molecular weight is 305 g/mol. The van der Waals surface area contributed by atoms with Crippen LogP contribution in [0.1, 0.15) is 61.7 Å². The highest BCUT2D eigenvalue weighted by molar-refractivity contribution is 5.87. The predicted octanol–water partition coefficient (Wildman–Crippen LogP) is 4.36. The summed E-state index contributed by atoms with van der Waals surface area (Å²) in [6, 6.07) is 6.53. The maximum Gasteiger partial charge on any atom is 0.335 e. The van der Waals surface area contributed by atoms with Gasteiger partial charge in [0, 0.05) is 5.70 Å². The van der Waals surface area contributed by atoms with E-state index in [0.29, 0.717) is 6.61 Å². The van der Waals surface area contributed by atoms with Crippen LogP contribution < -0.4 is 10.5 Å². The fourth-order valence-electron chi connectivity index (χ4n) is 2.22. The summed E-state index contributed by atoms with van der Waals surface area (Å²) in [5, 5.41) is 8.80. The van der Waals surface area contributed by atoms with Crippen molar-refractivity contribution in [3.63, 3.8) is 0 Å². The standard InChI is InChI=1S/C18H27NO3/c1-15(19)9-7-5-3-2-4-6-8-14-22-17-12-10-16(11-13-17)18(20)21/h10-13H,1-9,14,19H2,(H,20,21). The summed E-state index contributed by atoms with van der Waals surface area (Å²) >= 11 is 0. The molecule has 0 aliphatic heterocycles. The topological polar surface area (TPSA) is 72.5 Å². The lowest BCUT2D eigenvalue weighted by atomic mass is 10.1. The minimum Gasteiger partial charge on any atom is -0.494 e. The number of rotatable bonds is 12. The van der Waals surface area contributed by atoms with Crippen LogP contribution in [0.2, 0.25) is 0 Å². The van der Waals surface area contributed by atoms with Crippen LogP contribution in [0.15, 0.2) is 36.5 Å². The van der Waals surface area contributed by atoms with Crippen molar-refractivity contribution in [1.29, 1.82) is 0 Å². The Kier molecular flexibility index (Phi) is 8.80. The van der Waals surface area contributed by atoms with E-state index in [4.69, 9.17) is 15.6 Å². The predicted molar refractivity (Wildman–Crippen MR) is 89.2 cm³/mol. The van der Waals surface area contributed by atoms with Gasteiger partial charge in [0.1, 0.15) is 5.75 Å². The van der Waals surface area contributed by atoms with Gasteiger partial charge in [-0.25, -0.2) is 4.79 Å². The third-order valence-electron chi connectivity index (χ3n) is 3.51. The van der Waals surface area contributed by atoms with Crippen LogP contribution in [0.5, 0.6) is 5.75 Å². The Hall–Kier alpha value is -1.97. The lowest BCUT2D eigenvalue weighted by Crippen LogP contribution is -1.99. The minimum atomic E-state index is -0.915. The molecule has 0 aromatic heterocycles. The number of carboxylic acid groups (broad SMARTS) is 1. The lowest BCUT2D eigenvalue weighted by Gasteiger charge is -2.06. The first-order valence-corrected chi connectivity index (χ1v) is 7.99. The van der Waals surface area contributed by atoms with E-state index in [9.17, 15) is 4.79 Å². The first-order valence-electron chi connectivity index (χ1n) is 7.99. The quantitative estimate of drug-likeness (QED) is 0.563. The number of hydrogen-bond acceptors (Lipinski definition) is 3. The van der Waals surface area contributed by atoms with Gasteiger partial charge < -0.3 is 15.6 Å². The summed E-state index contributed by atoms with van der Waals surface area (Å²) in [5.74, 6) is -0.186. The Morgan fingerprint density at radius 1 is 1.00 bits per heavy atom. The van der Waals surface area contributed by atoms with E-state index in [2.05, 4.69) is 6.58 Å². The number of ether oxygens (including phenoxy) is 1. The van der Waals surface area contributed by atoms with Crippen LogP contribution in [-0.2, 0) is 0 Å². The summed E-state index contributed by atoms with van der Waals surface area (Å²) in [7, 11) is 0. The Morgan fingerprint density at radius 3 is 2.09 bits per heavy atom. The molecule has 0 spiro atoms. The van der Waals surface area contributed by atoms with Crippen molar-refractivity contribution in [1.82, 2.24) is 0 Å². The number of benzene rings is 1. The summed E-state index contributed by atoms with van der Waals surface area (Å²) < 4.78 is 5.60. The molecule has 22 heavy (non-hydrogen) atoms.